The van der Waals surface area contributed by atoms with Crippen molar-refractivity contribution in [3.05, 3.63) is 66.1 Å². The van der Waals surface area contributed by atoms with Crippen LogP contribution in [0.5, 0.6) is 0 Å². The summed E-state index contributed by atoms with van der Waals surface area (Å²) in [6.07, 6.45) is 2.29. The summed E-state index contributed by atoms with van der Waals surface area (Å²) in [6, 6.07) is 14.9. The Morgan fingerprint density at radius 3 is 2.55 bits per heavy atom. The Bertz CT molecular complexity index is 1290. The molecule has 7 nitrogen and oxygen atoms in total. The van der Waals surface area contributed by atoms with Crippen LogP contribution >= 0.6 is 0 Å². The van der Waals surface area contributed by atoms with Crippen LogP contribution in [0.15, 0.2) is 54.6 Å². The number of hydrogen-bond acceptors (Lipinski definition) is 4. The summed E-state index contributed by atoms with van der Waals surface area (Å²) >= 11 is 0. The second-order valence-corrected chi connectivity index (χ2v) is 7.74. The molecule has 0 unspecified atom stereocenters. The zero-order chi connectivity index (χ0) is 21.5. The van der Waals surface area contributed by atoms with Crippen molar-refractivity contribution in [3.63, 3.8) is 0 Å². The fourth-order valence-electron chi connectivity index (χ4n) is 3.71. The second kappa shape index (κ2) is 7.39. The number of nitrogens with zero attached hydrogens (tertiary/aromatic N) is 3. The van der Waals surface area contributed by atoms with Gasteiger partial charge in [0.25, 0.3) is 0 Å². The smallest absolute Gasteiger partial charge is 0.323 e. The molecule has 0 radical (unpaired) electrons. The van der Waals surface area contributed by atoms with E-state index in [2.05, 4.69) is 21.8 Å². The fourth-order valence-corrected chi connectivity index (χ4v) is 3.71. The highest BCUT2D eigenvalue weighted by Crippen LogP contribution is 2.42. The van der Waals surface area contributed by atoms with E-state index in [1.165, 1.54) is 18.2 Å². The lowest BCUT2D eigenvalue weighted by atomic mass is 10.0. The van der Waals surface area contributed by atoms with Crippen molar-refractivity contribution in [1.29, 1.82) is 0 Å². The maximum absolute atomic E-state index is 13.3. The number of anilines is 3. The van der Waals surface area contributed by atoms with Crippen LogP contribution in [0.1, 0.15) is 24.5 Å². The van der Waals surface area contributed by atoms with Gasteiger partial charge < -0.3 is 16.4 Å². The molecule has 0 saturated heterocycles. The van der Waals surface area contributed by atoms with Crippen LogP contribution in [0.3, 0.4) is 0 Å². The number of carbonyl (C=O) groups is 1. The van der Waals surface area contributed by atoms with E-state index in [4.69, 9.17) is 10.7 Å². The van der Waals surface area contributed by atoms with Crippen molar-refractivity contribution >= 4 is 34.3 Å². The summed E-state index contributed by atoms with van der Waals surface area (Å²) in [6.45, 7) is 0. The molecule has 0 bridgehead atoms. The number of aryl methyl sites for hydroxylation is 1. The number of amides is 2. The van der Waals surface area contributed by atoms with Gasteiger partial charge in [0, 0.05) is 30.0 Å². The first kappa shape index (κ1) is 19.0. The first-order valence-electron chi connectivity index (χ1n) is 10.0. The Balaban J connectivity index is 1.41. The van der Waals surface area contributed by atoms with E-state index in [-0.39, 0.29) is 0 Å². The number of nitrogen functional groups attached to an aromatic ring is 1. The third-order valence-electron chi connectivity index (χ3n) is 5.37. The number of fused-ring (bicyclic) bond motifs is 1. The first-order valence-corrected chi connectivity index (χ1v) is 10.0. The summed E-state index contributed by atoms with van der Waals surface area (Å²) in [5.74, 6) is 0.525. The van der Waals surface area contributed by atoms with E-state index >= 15 is 0 Å². The largest absolute Gasteiger partial charge is 0.382 e. The van der Waals surface area contributed by atoms with Gasteiger partial charge >= 0.3 is 6.03 Å². The number of carbonyl (C=O) groups excluding carboxylic acids is 1. The highest BCUT2D eigenvalue weighted by atomic mass is 19.1. The van der Waals surface area contributed by atoms with Gasteiger partial charge in [0.05, 0.1) is 5.39 Å². The number of aromatic nitrogens is 3. The predicted octanol–water partition coefficient (Wildman–Crippen LogP) is 4.88. The second-order valence-electron chi connectivity index (χ2n) is 7.74. The minimum atomic E-state index is -0.447. The van der Waals surface area contributed by atoms with Gasteiger partial charge in [-0.3, -0.25) is 0 Å². The van der Waals surface area contributed by atoms with Crippen molar-refractivity contribution in [3.8, 4) is 11.1 Å². The summed E-state index contributed by atoms with van der Waals surface area (Å²) in [7, 11) is 1.84. The van der Waals surface area contributed by atoms with Gasteiger partial charge in [-0.25, -0.2) is 18.9 Å². The molecule has 1 aliphatic rings. The van der Waals surface area contributed by atoms with E-state index in [0.717, 1.165) is 40.7 Å². The molecule has 31 heavy (non-hydrogen) atoms. The average Bonchev–Trinajstić information content (AvgIpc) is 3.54. The first-order chi connectivity index (χ1) is 15.0. The molecule has 1 fully saturated rings. The van der Waals surface area contributed by atoms with Crippen LogP contribution in [0.4, 0.5) is 26.4 Å². The van der Waals surface area contributed by atoms with E-state index < -0.39 is 11.8 Å². The van der Waals surface area contributed by atoms with Crippen molar-refractivity contribution in [2.75, 3.05) is 16.4 Å². The van der Waals surface area contributed by atoms with Gasteiger partial charge in [0.15, 0.2) is 11.5 Å². The zero-order valence-electron chi connectivity index (χ0n) is 16.9. The van der Waals surface area contributed by atoms with Crippen molar-refractivity contribution < 1.29 is 9.18 Å². The van der Waals surface area contributed by atoms with Gasteiger partial charge in [0.2, 0.25) is 0 Å². The lowest BCUT2D eigenvalue weighted by Crippen LogP contribution is -2.19. The molecule has 0 atom stereocenters. The summed E-state index contributed by atoms with van der Waals surface area (Å²) in [4.78, 5) is 17.0. The molecule has 2 amide bonds. The maximum atomic E-state index is 13.3. The van der Waals surface area contributed by atoms with Gasteiger partial charge in [0.1, 0.15) is 5.82 Å². The van der Waals surface area contributed by atoms with E-state index in [9.17, 15) is 9.18 Å². The Kier molecular flexibility index (Phi) is 4.54. The molecule has 156 valence electrons. The lowest BCUT2D eigenvalue weighted by molar-refractivity contribution is 0.262. The Morgan fingerprint density at radius 1 is 1.10 bits per heavy atom. The topological polar surface area (TPSA) is 97.9 Å². The molecule has 0 spiro atoms. The minimum Gasteiger partial charge on any atom is -0.382 e. The van der Waals surface area contributed by atoms with Crippen LogP contribution in [0.25, 0.3) is 22.2 Å². The molecule has 0 aliphatic heterocycles. The van der Waals surface area contributed by atoms with Crippen LogP contribution in [-0.4, -0.2) is 20.8 Å². The van der Waals surface area contributed by atoms with Crippen molar-refractivity contribution in [2.45, 2.75) is 18.8 Å². The van der Waals surface area contributed by atoms with Crippen LogP contribution in [-0.2, 0) is 7.05 Å². The molecule has 5 rings (SSSR count). The molecule has 8 heteroatoms. The van der Waals surface area contributed by atoms with Gasteiger partial charge in [-0.05, 0) is 60.4 Å². The molecule has 4 aromatic rings. The number of urea groups is 1. The van der Waals surface area contributed by atoms with Gasteiger partial charge in [-0.15, -0.1) is 0 Å². The Morgan fingerprint density at radius 2 is 1.84 bits per heavy atom. The molecule has 1 saturated carbocycles. The average molecular weight is 416 g/mol. The van der Waals surface area contributed by atoms with Crippen molar-refractivity contribution in [2.24, 2.45) is 7.05 Å². The molecule has 2 heterocycles. The molecule has 1 aliphatic carbocycles. The molecule has 2 aromatic carbocycles. The predicted molar refractivity (Wildman–Crippen MR) is 119 cm³/mol. The summed E-state index contributed by atoms with van der Waals surface area (Å²) < 4.78 is 15.0. The van der Waals surface area contributed by atoms with Crippen LogP contribution < -0.4 is 16.4 Å². The zero-order valence-corrected chi connectivity index (χ0v) is 16.9. The minimum absolute atomic E-state index is 0.382. The number of rotatable bonds is 4. The highest BCUT2D eigenvalue weighted by Gasteiger charge is 2.27. The fraction of sp³-hybridized carbons (Fsp3) is 0.174. The molecule has 2 aromatic heterocycles. The summed E-state index contributed by atoms with van der Waals surface area (Å²) in [5.41, 5.74) is 10.9. The SMILES string of the molecule is Cn1nc(N)c2c(-c3ccc(NC(=O)Nc4cccc(F)c4)cc3)cc(C3CC3)nc21. The Hall–Kier alpha value is -3.94. The molecule has 4 N–H and O–H groups in total. The summed E-state index contributed by atoms with van der Waals surface area (Å²) in [5, 5.41) is 10.5. The standard InChI is InChI=1S/C23H21FN6O/c1-30-22-20(21(25)29-30)18(12-19(28-22)14-5-6-14)13-7-9-16(10-8-13)26-23(31)27-17-4-2-3-15(24)11-17/h2-4,7-12,14H,5-6H2,1H3,(H2,25,29)(H2,26,27,31). The van der Waals surface area contributed by atoms with E-state index in [1.807, 2.05) is 31.3 Å². The van der Waals surface area contributed by atoms with E-state index in [0.29, 0.717) is 23.1 Å². The van der Waals surface area contributed by atoms with Crippen LogP contribution in [0.2, 0.25) is 0 Å². The van der Waals surface area contributed by atoms with Crippen molar-refractivity contribution in [1.82, 2.24) is 14.8 Å². The number of nitrogens with one attached hydrogen (secondary N) is 2. The number of pyridine rings is 1. The Labute approximate surface area is 178 Å². The third-order valence-corrected chi connectivity index (χ3v) is 5.37. The third kappa shape index (κ3) is 3.79. The monoisotopic (exact) mass is 416 g/mol. The van der Waals surface area contributed by atoms with Gasteiger partial charge in [-0.1, -0.05) is 18.2 Å². The number of benzene rings is 2. The lowest BCUT2D eigenvalue weighted by Gasteiger charge is -2.10. The van der Waals surface area contributed by atoms with Crippen LogP contribution in [0, 0.1) is 5.82 Å². The molecular formula is C23H21FN6O. The molecular weight excluding hydrogens is 395 g/mol. The number of nitrogens with two attached hydrogens (primary N) is 1. The number of hydrogen-bond donors (Lipinski definition) is 3. The highest BCUT2D eigenvalue weighted by molar-refractivity contribution is 6.02. The van der Waals surface area contributed by atoms with Gasteiger partial charge in [-0.2, -0.15) is 5.10 Å². The number of halogens is 1. The van der Waals surface area contributed by atoms with E-state index in [1.54, 1.807) is 10.7 Å². The normalized spacial score (nSPS) is 13.4. The quantitative estimate of drug-likeness (QED) is 0.442. The maximum Gasteiger partial charge on any atom is 0.323 e.